The second-order valence-corrected chi connectivity index (χ2v) is 7.96. The van der Waals surface area contributed by atoms with E-state index in [-0.39, 0.29) is 29.9 Å². The van der Waals surface area contributed by atoms with Crippen LogP contribution in [0.4, 0.5) is 0 Å². The molecule has 7 heteroatoms. The molecule has 2 aromatic rings. The molecule has 2 aromatic carbocycles. The molecule has 7 nitrogen and oxygen atoms in total. The zero-order chi connectivity index (χ0) is 22.8. The molecule has 1 N–H and O–H groups in total. The predicted molar refractivity (Wildman–Crippen MR) is 119 cm³/mol. The number of hydrogen-bond donors (Lipinski definition) is 1. The summed E-state index contributed by atoms with van der Waals surface area (Å²) in [6, 6.07) is 11.4. The minimum atomic E-state index is -0.369. The van der Waals surface area contributed by atoms with E-state index >= 15 is 0 Å². The molecule has 1 aliphatic heterocycles. The maximum Gasteiger partial charge on any atom is 0.225 e. The van der Waals surface area contributed by atoms with Gasteiger partial charge in [0.05, 0.1) is 28.4 Å². The summed E-state index contributed by atoms with van der Waals surface area (Å²) in [6.07, 6.45) is 1.15. The molecular weight excluding hydrogens is 410 g/mol. The van der Waals surface area contributed by atoms with Gasteiger partial charge in [-0.1, -0.05) is 12.1 Å². The van der Waals surface area contributed by atoms with Crippen molar-refractivity contribution in [2.75, 3.05) is 28.4 Å². The lowest BCUT2D eigenvalue weighted by Crippen LogP contribution is -2.38. The quantitative estimate of drug-likeness (QED) is 0.742. The number of ketones is 1. The lowest BCUT2D eigenvalue weighted by Gasteiger charge is -2.34. The van der Waals surface area contributed by atoms with Crippen LogP contribution < -0.4 is 24.3 Å². The summed E-state index contributed by atoms with van der Waals surface area (Å²) in [7, 11) is 6.25. The lowest BCUT2D eigenvalue weighted by molar-refractivity contribution is -0.122. The van der Waals surface area contributed by atoms with Gasteiger partial charge in [0.2, 0.25) is 11.7 Å². The molecule has 32 heavy (non-hydrogen) atoms. The van der Waals surface area contributed by atoms with Crippen LogP contribution in [0.5, 0.6) is 23.0 Å². The van der Waals surface area contributed by atoms with Gasteiger partial charge in [-0.15, -0.1) is 0 Å². The first-order chi connectivity index (χ1) is 15.5. The van der Waals surface area contributed by atoms with Crippen molar-refractivity contribution < 1.29 is 28.5 Å². The van der Waals surface area contributed by atoms with Gasteiger partial charge in [-0.25, -0.2) is 0 Å². The van der Waals surface area contributed by atoms with Crippen molar-refractivity contribution in [3.05, 3.63) is 58.8 Å². The summed E-state index contributed by atoms with van der Waals surface area (Å²) in [6.45, 7) is 0. The van der Waals surface area contributed by atoms with E-state index in [1.165, 1.54) is 7.11 Å². The summed E-state index contributed by atoms with van der Waals surface area (Å²) < 4.78 is 21.7. The zero-order valence-corrected chi connectivity index (χ0v) is 18.7. The van der Waals surface area contributed by atoms with Crippen molar-refractivity contribution >= 4 is 11.7 Å². The molecular formula is C25H27NO6. The van der Waals surface area contributed by atoms with Crippen molar-refractivity contribution in [1.29, 1.82) is 0 Å². The Hall–Kier alpha value is -3.48. The number of ether oxygens (including phenoxy) is 4. The Bertz CT molecular complexity index is 1060. The largest absolute Gasteiger partial charge is 0.497 e. The number of rotatable bonds is 6. The van der Waals surface area contributed by atoms with E-state index in [1.807, 2.05) is 36.4 Å². The first-order valence-electron chi connectivity index (χ1n) is 10.5. The number of methoxy groups -OCH3 is 4. The Labute approximate surface area is 187 Å². The molecule has 0 aromatic heterocycles. The zero-order valence-electron chi connectivity index (χ0n) is 18.7. The van der Waals surface area contributed by atoms with E-state index in [2.05, 4.69) is 5.32 Å². The number of benzene rings is 2. The van der Waals surface area contributed by atoms with Crippen LogP contribution >= 0.6 is 0 Å². The fraction of sp³-hybridized carbons (Fsp3) is 0.360. The van der Waals surface area contributed by atoms with E-state index in [9.17, 15) is 9.59 Å². The first-order valence-corrected chi connectivity index (χ1v) is 10.5. The van der Waals surface area contributed by atoms with E-state index in [1.54, 1.807) is 21.3 Å². The van der Waals surface area contributed by atoms with Gasteiger partial charge < -0.3 is 24.3 Å². The molecule has 0 saturated carbocycles. The SMILES string of the molecule is COc1cccc([C@@H]2CC(=O)C3=C(C2)NC(=O)C[C@@H]3c2cc(OC)c(OC)c(OC)c2)c1. The monoisotopic (exact) mass is 437 g/mol. The van der Waals surface area contributed by atoms with Crippen LogP contribution in [-0.2, 0) is 9.59 Å². The average Bonchev–Trinajstić information content (AvgIpc) is 2.82. The Morgan fingerprint density at radius 2 is 1.53 bits per heavy atom. The molecule has 2 aliphatic rings. The van der Waals surface area contributed by atoms with Crippen LogP contribution in [0.25, 0.3) is 0 Å². The third kappa shape index (κ3) is 3.90. The highest BCUT2D eigenvalue weighted by Gasteiger charge is 2.39. The fourth-order valence-electron chi connectivity index (χ4n) is 4.68. The molecule has 0 radical (unpaired) electrons. The van der Waals surface area contributed by atoms with Crippen LogP contribution in [-0.4, -0.2) is 40.1 Å². The van der Waals surface area contributed by atoms with Crippen molar-refractivity contribution in [3.63, 3.8) is 0 Å². The highest BCUT2D eigenvalue weighted by molar-refractivity contribution is 6.02. The van der Waals surface area contributed by atoms with Crippen LogP contribution in [0.15, 0.2) is 47.7 Å². The Morgan fingerprint density at radius 1 is 0.812 bits per heavy atom. The number of Topliss-reactive ketones (excluding diaryl/α,β-unsaturated/α-hetero) is 1. The molecule has 1 aliphatic carbocycles. The Kier molecular flexibility index (Phi) is 6.08. The highest BCUT2D eigenvalue weighted by atomic mass is 16.5. The Balaban J connectivity index is 1.75. The topological polar surface area (TPSA) is 83.1 Å². The van der Waals surface area contributed by atoms with Crippen molar-refractivity contribution in [3.8, 4) is 23.0 Å². The minimum absolute atomic E-state index is 0.0182. The summed E-state index contributed by atoms with van der Waals surface area (Å²) >= 11 is 0. The lowest BCUT2D eigenvalue weighted by atomic mass is 9.73. The second kappa shape index (κ2) is 8.94. The predicted octanol–water partition coefficient (Wildman–Crippen LogP) is 3.73. The van der Waals surface area contributed by atoms with Gasteiger partial charge in [0, 0.05) is 30.0 Å². The number of allylic oxidation sites excluding steroid dienone is 2. The number of carbonyl (C=O) groups excluding carboxylic acids is 2. The molecule has 1 heterocycles. The summed E-state index contributed by atoms with van der Waals surface area (Å²) in [4.78, 5) is 26.0. The van der Waals surface area contributed by atoms with Gasteiger partial charge in [0.15, 0.2) is 17.3 Å². The maximum absolute atomic E-state index is 13.4. The first kappa shape index (κ1) is 21.7. The molecule has 168 valence electrons. The van der Waals surface area contributed by atoms with Crippen LogP contribution in [0.2, 0.25) is 0 Å². The smallest absolute Gasteiger partial charge is 0.225 e. The molecule has 4 rings (SSSR count). The number of nitrogens with one attached hydrogen (secondary N) is 1. The van der Waals surface area contributed by atoms with Gasteiger partial charge >= 0.3 is 0 Å². The standard InChI is InChI=1S/C25H27NO6/c1-29-17-7-5-6-14(8-17)15-9-19-24(20(27)10-15)18(13-23(28)26-19)16-11-21(30-2)25(32-4)22(12-16)31-3/h5-8,11-12,15,18H,9-10,13H2,1-4H3,(H,26,28)/t15-,18+/m0/s1. The highest BCUT2D eigenvalue weighted by Crippen LogP contribution is 2.46. The van der Waals surface area contributed by atoms with Gasteiger partial charge in [0.25, 0.3) is 0 Å². The average molecular weight is 437 g/mol. The van der Waals surface area contributed by atoms with Gasteiger partial charge in [-0.3, -0.25) is 9.59 Å². The van der Waals surface area contributed by atoms with Crippen molar-refractivity contribution in [2.45, 2.75) is 31.1 Å². The molecule has 0 spiro atoms. The van der Waals surface area contributed by atoms with Crippen LogP contribution in [0.3, 0.4) is 0 Å². The van der Waals surface area contributed by atoms with Gasteiger partial charge in [-0.2, -0.15) is 0 Å². The van der Waals surface area contributed by atoms with E-state index in [4.69, 9.17) is 18.9 Å². The number of hydrogen-bond acceptors (Lipinski definition) is 6. The number of carbonyl (C=O) groups is 2. The third-order valence-electron chi connectivity index (χ3n) is 6.19. The minimum Gasteiger partial charge on any atom is -0.497 e. The second-order valence-electron chi connectivity index (χ2n) is 7.96. The van der Waals surface area contributed by atoms with E-state index in [0.717, 1.165) is 16.9 Å². The van der Waals surface area contributed by atoms with Crippen LogP contribution in [0, 0.1) is 0 Å². The Morgan fingerprint density at radius 3 is 2.16 bits per heavy atom. The molecule has 0 saturated heterocycles. The summed E-state index contributed by atoms with van der Waals surface area (Å²) in [5.41, 5.74) is 3.17. The summed E-state index contributed by atoms with van der Waals surface area (Å²) in [5, 5.41) is 2.96. The van der Waals surface area contributed by atoms with E-state index in [0.29, 0.717) is 41.4 Å². The normalized spacial score (nSPS) is 20.4. The molecule has 1 amide bonds. The number of amides is 1. The third-order valence-corrected chi connectivity index (χ3v) is 6.19. The molecule has 2 atom stereocenters. The van der Waals surface area contributed by atoms with Crippen molar-refractivity contribution in [2.24, 2.45) is 0 Å². The molecule has 0 fully saturated rings. The molecule has 0 unspecified atom stereocenters. The van der Waals surface area contributed by atoms with Crippen LogP contribution in [0.1, 0.15) is 42.2 Å². The summed E-state index contributed by atoms with van der Waals surface area (Å²) in [5.74, 6) is 1.75. The van der Waals surface area contributed by atoms with Gasteiger partial charge in [-0.05, 0) is 47.7 Å². The molecule has 0 bridgehead atoms. The fourth-order valence-corrected chi connectivity index (χ4v) is 4.68. The van der Waals surface area contributed by atoms with Crippen molar-refractivity contribution in [1.82, 2.24) is 5.32 Å². The van der Waals surface area contributed by atoms with Gasteiger partial charge in [0.1, 0.15) is 5.75 Å². The van der Waals surface area contributed by atoms with E-state index < -0.39 is 0 Å². The maximum atomic E-state index is 13.4.